The van der Waals surface area contributed by atoms with Gasteiger partial charge in [0.25, 0.3) is 17.7 Å². The molecule has 0 radical (unpaired) electrons. The number of hydrogen-bond donors (Lipinski definition) is 1. The van der Waals surface area contributed by atoms with Crippen LogP contribution in [0.3, 0.4) is 0 Å². The van der Waals surface area contributed by atoms with Gasteiger partial charge in [0.2, 0.25) is 0 Å². The second kappa shape index (κ2) is 5.43. The Balaban J connectivity index is 1.88. The summed E-state index contributed by atoms with van der Waals surface area (Å²) in [5.74, 6) is -2.06. The van der Waals surface area contributed by atoms with E-state index in [2.05, 4.69) is 0 Å². The van der Waals surface area contributed by atoms with Gasteiger partial charge < -0.3 is 10.0 Å². The topological polar surface area (TPSA) is 95.0 Å². The summed E-state index contributed by atoms with van der Waals surface area (Å²) in [5.41, 5.74) is -0.171. The zero-order valence-corrected chi connectivity index (χ0v) is 13.5. The van der Waals surface area contributed by atoms with Crippen LogP contribution in [0, 0.1) is 5.41 Å². The summed E-state index contributed by atoms with van der Waals surface area (Å²) in [4.78, 5) is 50.6. The molecule has 0 aliphatic carbocycles. The highest BCUT2D eigenvalue weighted by Gasteiger charge is 2.40. The first-order valence-electron chi connectivity index (χ1n) is 7.74. The highest BCUT2D eigenvalue weighted by molar-refractivity contribution is 6.21. The van der Waals surface area contributed by atoms with Crippen LogP contribution in [0.25, 0.3) is 0 Å². The zero-order valence-electron chi connectivity index (χ0n) is 13.5. The van der Waals surface area contributed by atoms with Crippen LogP contribution in [-0.4, -0.2) is 58.7 Å². The Morgan fingerprint density at radius 3 is 2.50 bits per heavy atom. The van der Waals surface area contributed by atoms with Gasteiger partial charge in [0, 0.05) is 25.7 Å². The van der Waals surface area contributed by atoms with Crippen molar-refractivity contribution in [1.29, 1.82) is 0 Å². The summed E-state index contributed by atoms with van der Waals surface area (Å²) in [6, 6.07) is 4.42. The summed E-state index contributed by atoms with van der Waals surface area (Å²) in [5, 5.41) is 9.36. The van der Waals surface area contributed by atoms with Crippen LogP contribution < -0.4 is 0 Å². The summed E-state index contributed by atoms with van der Waals surface area (Å²) in [7, 11) is 1.40. The number of carbonyl (C=O) groups is 4. The molecule has 1 atom stereocenters. The average molecular weight is 330 g/mol. The van der Waals surface area contributed by atoms with Crippen molar-refractivity contribution in [2.24, 2.45) is 5.41 Å². The van der Waals surface area contributed by atoms with Gasteiger partial charge in [-0.05, 0) is 38.0 Å². The first-order valence-corrected chi connectivity index (χ1v) is 7.74. The largest absolute Gasteiger partial charge is 0.481 e. The lowest BCUT2D eigenvalue weighted by Gasteiger charge is -2.37. The lowest BCUT2D eigenvalue weighted by molar-refractivity contribution is -0.150. The van der Waals surface area contributed by atoms with Crippen molar-refractivity contribution in [3.05, 3.63) is 34.9 Å². The van der Waals surface area contributed by atoms with Crippen molar-refractivity contribution in [3.63, 3.8) is 0 Å². The molecule has 1 saturated heterocycles. The molecule has 126 valence electrons. The second-order valence-corrected chi connectivity index (χ2v) is 6.63. The SMILES string of the molecule is CN1C(=O)c2ccc(C(=O)N3CCCC(C)(C(=O)O)C3)cc2C1=O. The van der Waals surface area contributed by atoms with Gasteiger partial charge in [-0.25, -0.2) is 0 Å². The van der Waals surface area contributed by atoms with Crippen LogP contribution in [0.1, 0.15) is 50.8 Å². The molecule has 1 fully saturated rings. The van der Waals surface area contributed by atoms with Crippen molar-refractivity contribution in [3.8, 4) is 0 Å². The van der Waals surface area contributed by atoms with Gasteiger partial charge in [0.15, 0.2) is 0 Å². The second-order valence-electron chi connectivity index (χ2n) is 6.63. The maximum Gasteiger partial charge on any atom is 0.311 e. The van der Waals surface area contributed by atoms with E-state index in [1.54, 1.807) is 6.92 Å². The summed E-state index contributed by atoms with van der Waals surface area (Å²) >= 11 is 0. The number of carboxylic acids is 1. The molecule has 0 bridgehead atoms. The molecule has 2 aliphatic rings. The van der Waals surface area contributed by atoms with Gasteiger partial charge in [0.05, 0.1) is 16.5 Å². The number of aliphatic carboxylic acids is 1. The highest BCUT2D eigenvalue weighted by atomic mass is 16.4. The molecule has 7 heteroatoms. The van der Waals surface area contributed by atoms with Gasteiger partial charge in [-0.1, -0.05) is 0 Å². The van der Waals surface area contributed by atoms with Crippen molar-refractivity contribution < 1.29 is 24.3 Å². The third-order valence-electron chi connectivity index (χ3n) is 4.84. The Morgan fingerprint density at radius 2 is 1.83 bits per heavy atom. The molecule has 1 N–H and O–H groups in total. The molecule has 0 spiro atoms. The summed E-state index contributed by atoms with van der Waals surface area (Å²) < 4.78 is 0. The van der Waals surface area contributed by atoms with Crippen molar-refractivity contribution in [2.75, 3.05) is 20.1 Å². The van der Waals surface area contributed by atoms with Gasteiger partial charge in [-0.15, -0.1) is 0 Å². The minimum Gasteiger partial charge on any atom is -0.481 e. The van der Waals surface area contributed by atoms with Crippen molar-refractivity contribution in [2.45, 2.75) is 19.8 Å². The van der Waals surface area contributed by atoms with Crippen molar-refractivity contribution in [1.82, 2.24) is 9.80 Å². The van der Waals surface area contributed by atoms with E-state index in [1.165, 1.54) is 30.1 Å². The summed E-state index contributed by atoms with van der Waals surface area (Å²) in [6.07, 6.45) is 1.13. The van der Waals surface area contributed by atoms with Crippen LogP contribution in [0.5, 0.6) is 0 Å². The third kappa shape index (κ3) is 2.36. The van der Waals surface area contributed by atoms with E-state index in [0.717, 1.165) is 4.90 Å². The highest BCUT2D eigenvalue weighted by Crippen LogP contribution is 2.31. The maximum atomic E-state index is 12.7. The van der Waals surface area contributed by atoms with E-state index in [4.69, 9.17) is 0 Å². The number of carboxylic acid groups (broad SMARTS) is 1. The molecule has 0 saturated carbocycles. The number of fused-ring (bicyclic) bond motifs is 1. The minimum atomic E-state index is -0.962. The van der Waals surface area contributed by atoms with Crippen LogP contribution >= 0.6 is 0 Å². The van der Waals surface area contributed by atoms with E-state index in [1.807, 2.05) is 0 Å². The number of carbonyl (C=O) groups excluding carboxylic acids is 3. The molecule has 1 aromatic rings. The molecule has 2 heterocycles. The Kier molecular flexibility index (Phi) is 3.66. The van der Waals surface area contributed by atoms with E-state index in [9.17, 15) is 24.3 Å². The minimum absolute atomic E-state index is 0.130. The number of nitrogens with zero attached hydrogens (tertiary/aromatic N) is 2. The Morgan fingerprint density at radius 1 is 1.17 bits per heavy atom. The van der Waals surface area contributed by atoms with E-state index < -0.39 is 17.3 Å². The third-order valence-corrected chi connectivity index (χ3v) is 4.84. The first kappa shape index (κ1) is 16.2. The van der Waals surface area contributed by atoms with E-state index in [0.29, 0.717) is 24.9 Å². The first-order chi connectivity index (χ1) is 11.2. The fourth-order valence-corrected chi connectivity index (χ4v) is 3.26. The van der Waals surface area contributed by atoms with E-state index in [-0.39, 0.29) is 29.5 Å². The number of likely N-dealkylation sites (tertiary alicyclic amines) is 1. The molecular weight excluding hydrogens is 312 g/mol. The number of piperidine rings is 1. The quantitative estimate of drug-likeness (QED) is 0.823. The molecule has 0 aromatic heterocycles. The molecule has 1 aromatic carbocycles. The monoisotopic (exact) mass is 330 g/mol. The lowest BCUT2D eigenvalue weighted by Crippen LogP contribution is -2.48. The summed E-state index contributed by atoms with van der Waals surface area (Å²) in [6.45, 7) is 2.24. The molecule has 3 rings (SSSR count). The maximum absolute atomic E-state index is 12.7. The smallest absolute Gasteiger partial charge is 0.311 e. The van der Waals surface area contributed by atoms with Crippen LogP contribution in [0.15, 0.2) is 18.2 Å². The number of benzene rings is 1. The van der Waals surface area contributed by atoms with Crippen LogP contribution in [-0.2, 0) is 4.79 Å². The average Bonchev–Trinajstić information content (AvgIpc) is 2.78. The molecular formula is C17H18N2O5. The molecule has 2 aliphatic heterocycles. The lowest BCUT2D eigenvalue weighted by atomic mass is 9.82. The Bertz CT molecular complexity index is 772. The Hall–Kier alpha value is -2.70. The molecule has 3 amide bonds. The zero-order chi connectivity index (χ0) is 17.6. The Labute approximate surface area is 138 Å². The van der Waals surface area contributed by atoms with Gasteiger partial charge >= 0.3 is 5.97 Å². The standard InChI is InChI=1S/C17H18N2O5/c1-17(16(23)24)6-3-7-19(9-17)13(20)10-4-5-11-12(8-10)15(22)18(2)14(11)21/h4-5,8H,3,6-7,9H2,1-2H3,(H,23,24). The molecule has 24 heavy (non-hydrogen) atoms. The van der Waals surface area contributed by atoms with Crippen LogP contribution in [0.2, 0.25) is 0 Å². The number of amides is 3. The fourth-order valence-electron chi connectivity index (χ4n) is 3.26. The van der Waals surface area contributed by atoms with Crippen LogP contribution in [0.4, 0.5) is 0 Å². The van der Waals surface area contributed by atoms with E-state index >= 15 is 0 Å². The molecule has 1 unspecified atom stereocenters. The number of imide groups is 1. The predicted octanol–water partition coefficient (Wildman–Crippen LogP) is 1.24. The number of rotatable bonds is 2. The predicted molar refractivity (Wildman–Crippen MR) is 83.7 cm³/mol. The normalized spacial score (nSPS) is 23.4. The van der Waals surface area contributed by atoms with Gasteiger partial charge in [-0.2, -0.15) is 0 Å². The van der Waals surface area contributed by atoms with Crippen molar-refractivity contribution >= 4 is 23.7 Å². The van der Waals surface area contributed by atoms with Gasteiger partial charge in [-0.3, -0.25) is 24.1 Å². The molecule has 7 nitrogen and oxygen atoms in total. The van der Waals surface area contributed by atoms with Gasteiger partial charge in [0.1, 0.15) is 0 Å². The fraction of sp³-hybridized carbons (Fsp3) is 0.412. The number of hydrogen-bond acceptors (Lipinski definition) is 4.